The molecule has 0 radical (unpaired) electrons. The number of hydrogen-bond acceptors (Lipinski definition) is 6. The van der Waals surface area contributed by atoms with E-state index in [1.165, 1.54) is 12.1 Å². The standard InChI is InChI=1S/C10H9ClN2O3S2/c1-18(14,15)8-4-2-7(3-5-8)16-6-9-10(11)17-13-12-9/h2-5H,6H2,1H3. The topological polar surface area (TPSA) is 69.2 Å². The predicted molar refractivity (Wildman–Crippen MR) is 68.8 cm³/mol. The van der Waals surface area contributed by atoms with E-state index in [2.05, 4.69) is 9.59 Å². The van der Waals surface area contributed by atoms with Crippen molar-refractivity contribution in [2.24, 2.45) is 0 Å². The zero-order chi connectivity index (χ0) is 13.2. The normalized spacial score (nSPS) is 11.4. The van der Waals surface area contributed by atoms with Crippen molar-refractivity contribution in [2.75, 3.05) is 6.26 Å². The van der Waals surface area contributed by atoms with Gasteiger partial charge in [-0.3, -0.25) is 0 Å². The second-order valence-electron chi connectivity index (χ2n) is 3.53. The Morgan fingerprint density at radius 2 is 2.00 bits per heavy atom. The molecule has 0 saturated heterocycles. The van der Waals surface area contributed by atoms with E-state index in [9.17, 15) is 8.42 Å². The van der Waals surface area contributed by atoms with Crippen LogP contribution in [0.15, 0.2) is 29.2 Å². The summed E-state index contributed by atoms with van der Waals surface area (Å²) in [5.74, 6) is 0.548. The predicted octanol–water partition coefficient (Wildman–Crippen LogP) is 2.17. The van der Waals surface area contributed by atoms with Gasteiger partial charge in [0, 0.05) is 17.8 Å². The lowest BCUT2D eigenvalue weighted by Crippen LogP contribution is -1.99. The van der Waals surface area contributed by atoms with Crippen LogP contribution in [-0.4, -0.2) is 24.3 Å². The fourth-order valence-corrected chi connectivity index (χ4v) is 2.45. The van der Waals surface area contributed by atoms with Gasteiger partial charge in [0.25, 0.3) is 0 Å². The number of rotatable bonds is 4. The van der Waals surface area contributed by atoms with Gasteiger partial charge in [-0.1, -0.05) is 16.1 Å². The molecule has 0 bridgehead atoms. The smallest absolute Gasteiger partial charge is 0.175 e. The molecule has 0 aliphatic heterocycles. The molecule has 0 spiro atoms. The van der Waals surface area contributed by atoms with Gasteiger partial charge >= 0.3 is 0 Å². The molecule has 18 heavy (non-hydrogen) atoms. The van der Waals surface area contributed by atoms with Gasteiger partial charge in [0.15, 0.2) is 9.84 Å². The van der Waals surface area contributed by atoms with Gasteiger partial charge in [-0.15, -0.1) is 5.10 Å². The maximum atomic E-state index is 11.3. The summed E-state index contributed by atoms with van der Waals surface area (Å²) in [5, 5.41) is 3.80. The van der Waals surface area contributed by atoms with Crippen LogP contribution in [0.2, 0.25) is 4.34 Å². The molecule has 1 aromatic carbocycles. The SMILES string of the molecule is CS(=O)(=O)c1ccc(OCc2nnsc2Cl)cc1. The van der Waals surface area contributed by atoms with Crippen LogP contribution in [0.4, 0.5) is 0 Å². The lowest BCUT2D eigenvalue weighted by Gasteiger charge is -2.05. The van der Waals surface area contributed by atoms with E-state index < -0.39 is 9.84 Å². The Hall–Kier alpha value is -1.18. The maximum absolute atomic E-state index is 11.3. The zero-order valence-corrected chi connectivity index (χ0v) is 11.7. The average molecular weight is 305 g/mol. The monoisotopic (exact) mass is 304 g/mol. The molecule has 1 heterocycles. The van der Waals surface area contributed by atoms with Gasteiger partial charge < -0.3 is 4.74 Å². The fourth-order valence-electron chi connectivity index (χ4n) is 1.22. The molecular formula is C10H9ClN2O3S2. The summed E-state index contributed by atoms with van der Waals surface area (Å²) < 4.78 is 32.1. The van der Waals surface area contributed by atoms with E-state index in [0.717, 1.165) is 17.8 Å². The number of aromatic nitrogens is 2. The van der Waals surface area contributed by atoms with Gasteiger partial charge in [-0.25, -0.2) is 8.42 Å². The first-order chi connectivity index (χ1) is 8.47. The number of hydrogen-bond donors (Lipinski definition) is 0. The third-order valence-electron chi connectivity index (χ3n) is 2.14. The van der Waals surface area contributed by atoms with Crippen LogP contribution in [-0.2, 0) is 16.4 Å². The lowest BCUT2D eigenvalue weighted by molar-refractivity contribution is 0.301. The minimum absolute atomic E-state index is 0.202. The highest BCUT2D eigenvalue weighted by Crippen LogP contribution is 2.20. The van der Waals surface area contributed by atoms with Crippen molar-refractivity contribution >= 4 is 33.0 Å². The van der Waals surface area contributed by atoms with E-state index in [-0.39, 0.29) is 11.5 Å². The van der Waals surface area contributed by atoms with E-state index in [0.29, 0.717) is 15.8 Å². The van der Waals surface area contributed by atoms with Crippen molar-refractivity contribution in [1.82, 2.24) is 9.59 Å². The van der Waals surface area contributed by atoms with E-state index in [1.54, 1.807) is 12.1 Å². The summed E-state index contributed by atoms with van der Waals surface area (Å²) in [5.41, 5.74) is 0.564. The van der Waals surface area contributed by atoms with Gasteiger partial charge in [0.05, 0.1) is 4.90 Å². The number of nitrogens with zero attached hydrogens (tertiary/aromatic N) is 2. The first-order valence-corrected chi connectivity index (χ1v) is 7.91. The fraction of sp³-hybridized carbons (Fsp3) is 0.200. The summed E-state index contributed by atoms with van der Waals surface area (Å²) in [6.45, 7) is 0.202. The number of sulfone groups is 1. The Kier molecular flexibility index (Phi) is 3.84. The summed E-state index contributed by atoms with van der Waals surface area (Å²) >= 11 is 6.92. The second-order valence-corrected chi connectivity index (χ2v) is 6.90. The second kappa shape index (κ2) is 5.21. The minimum atomic E-state index is -3.18. The quantitative estimate of drug-likeness (QED) is 0.866. The van der Waals surface area contributed by atoms with Gasteiger partial charge in [0.1, 0.15) is 22.4 Å². The van der Waals surface area contributed by atoms with Crippen molar-refractivity contribution in [3.8, 4) is 5.75 Å². The van der Waals surface area contributed by atoms with Crippen molar-refractivity contribution < 1.29 is 13.2 Å². The van der Waals surface area contributed by atoms with Gasteiger partial charge in [-0.05, 0) is 24.3 Å². The van der Waals surface area contributed by atoms with Crippen LogP contribution >= 0.6 is 23.1 Å². The van der Waals surface area contributed by atoms with Crippen LogP contribution in [0.5, 0.6) is 5.75 Å². The van der Waals surface area contributed by atoms with Crippen LogP contribution in [0.1, 0.15) is 5.69 Å². The zero-order valence-electron chi connectivity index (χ0n) is 9.33. The van der Waals surface area contributed by atoms with E-state index in [4.69, 9.17) is 16.3 Å². The summed E-state index contributed by atoms with van der Waals surface area (Å²) in [6, 6.07) is 6.16. The molecular weight excluding hydrogens is 296 g/mol. The van der Waals surface area contributed by atoms with Crippen LogP contribution in [0.3, 0.4) is 0 Å². The molecule has 0 unspecified atom stereocenters. The molecule has 1 aromatic heterocycles. The highest BCUT2D eigenvalue weighted by Gasteiger charge is 2.08. The lowest BCUT2D eigenvalue weighted by atomic mass is 10.3. The molecule has 0 fully saturated rings. The van der Waals surface area contributed by atoms with Crippen LogP contribution in [0.25, 0.3) is 0 Å². The Morgan fingerprint density at radius 3 is 2.50 bits per heavy atom. The van der Waals surface area contributed by atoms with E-state index in [1.807, 2.05) is 0 Å². The molecule has 2 aromatic rings. The third-order valence-corrected chi connectivity index (χ3v) is 4.25. The van der Waals surface area contributed by atoms with E-state index >= 15 is 0 Å². The molecule has 0 aliphatic rings. The van der Waals surface area contributed by atoms with Crippen molar-refractivity contribution in [1.29, 1.82) is 0 Å². The van der Waals surface area contributed by atoms with Crippen molar-refractivity contribution in [3.05, 3.63) is 34.3 Å². The molecule has 0 amide bonds. The first-order valence-electron chi connectivity index (χ1n) is 4.86. The van der Waals surface area contributed by atoms with Crippen molar-refractivity contribution in [2.45, 2.75) is 11.5 Å². The van der Waals surface area contributed by atoms with Crippen LogP contribution in [0, 0.1) is 0 Å². The number of ether oxygens (including phenoxy) is 1. The molecule has 0 saturated carbocycles. The summed E-state index contributed by atoms with van der Waals surface area (Å²) in [6.07, 6.45) is 1.16. The number of benzene rings is 1. The summed E-state index contributed by atoms with van der Waals surface area (Å²) in [4.78, 5) is 0.253. The summed E-state index contributed by atoms with van der Waals surface area (Å²) in [7, 11) is -3.18. The molecule has 0 N–H and O–H groups in total. The third kappa shape index (κ3) is 3.18. The molecule has 0 atom stereocenters. The van der Waals surface area contributed by atoms with Gasteiger partial charge in [-0.2, -0.15) is 0 Å². The van der Waals surface area contributed by atoms with Crippen molar-refractivity contribution in [3.63, 3.8) is 0 Å². The highest BCUT2D eigenvalue weighted by molar-refractivity contribution is 7.90. The Labute approximate surface area is 113 Å². The Bertz CT molecular complexity index is 637. The molecule has 0 aliphatic carbocycles. The molecule has 96 valence electrons. The Morgan fingerprint density at radius 1 is 1.33 bits per heavy atom. The highest BCUT2D eigenvalue weighted by atomic mass is 35.5. The largest absolute Gasteiger partial charge is 0.487 e. The Balaban J connectivity index is 2.05. The molecule has 2 rings (SSSR count). The first kappa shape index (κ1) is 13.3. The minimum Gasteiger partial charge on any atom is -0.487 e. The van der Waals surface area contributed by atoms with Gasteiger partial charge in [0.2, 0.25) is 0 Å². The maximum Gasteiger partial charge on any atom is 0.175 e. The average Bonchev–Trinajstić information content (AvgIpc) is 2.72. The number of halogens is 1. The molecule has 5 nitrogen and oxygen atoms in total. The van der Waals surface area contributed by atoms with Crippen LogP contribution < -0.4 is 4.74 Å². The molecule has 8 heteroatoms.